The Morgan fingerprint density at radius 2 is 1.93 bits per heavy atom. The fourth-order valence-corrected chi connectivity index (χ4v) is 3.49. The number of likely N-dealkylation sites (tertiary alicyclic amines) is 1. The molecule has 0 spiro atoms. The lowest BCUT2D eigenvalue weighted by Crippen LogP contribution is -2.46. The maximum atomic E-state index is 6.09. The highest BCUT2D eigenvalue weighted by Gasteiger charge is 2.34. The van der Waals surface area contributed by atoms with Gasteiger partial charge in [-0.25, -0.2) is 0 Å². The Morgan fingerprint density at radius 3 is 2.60 bits per heavy atom. The summed E-state index contributed by atoms with van der Waals surface area (Å²) in [7, 11) is 0. The molecule has 0 aromatic heterocycles. The van der Waals surface area contributed by atoms with Crippen LogP contribution in [0.2, 0.25) is 0 Å². The van der Waals surface area contributed by atoms with Gasteiger partial charge in [0, 0.05) is 18.1 Å². The number of hydrogen-bond acceptors (Lipinski definition) is 2. The van der Waals surface area contributed by atoms with Gasteiger partial charge in [0.1, 0.15) is 0 Å². The molecule has 2 nitrogen and oxygen atoms in total. The molecule has 2 heteroatoms. The molecule has 0 bridgehead atoms. The van der Waals surface area contributed by atoms with E-state index in [0.29, 0.717) is 6.04 Å². The van der Waals surface area contributed by atoms with E-state index >= 15 is 0 Å². The van der Waals surface area contributed by atoms with Gasteiger partial charge in [0.2, 0.25) is 0 Å². The van der Waals surface area contributed by atoms with E-state index in [1.54, 1.807) is 0 Å². The van der Waals surface area contributed by atoms with Crippen LogP contribution in [-0.4, -0.2) is 29.6 Å². The Hall–Kier alpha value is -0.0800. The second-order valence-corrected chi connectivity index (χ2v) is 5.77. The maximum absolute atomic E-state index is 6.09. The van der Waals surface area contributed by atoms with Crippen molar-refractivity contribution < 1.29 is 0 Å². The molecule has 1 saturated heterocycles. The van der Waals surface area contributed by atoms with Crippen molar-refractivity contribution in [2.75, 3.05) is 6.54 Å². The standard InChI is InChI=1S/C13H26N2/c1-10(2)13-7-4-8-15(13)12-6-3-5-11(14)9-12/h10-13H,3-9,14H2,1-2H3. The number of nitrogens with two attached hydrogens (primary N) is 1. The van der Waals surface area contributed by atoms with Crippen LogP contribution in [0, 0.1) is 5.92 Å². The highest BCUT2D eigenvalue weighted by atomic mass is 15.2. The lowest BCUT2D eigenvalue weighted by Gasteiger charge is -2.39. The molecule has 0 aromatic rings. The molecule has 0 radical (unpaired) electrons. The van der Waals surface area contributed by atoms with Crippen LogP contribution in [0.3, 0.4) is 0 Å². The minimum atomic E-state index is 0.470. The first-order valence-corrected chi connectivity index (χ1v) is 6.70. The summed E-state index contributed by atoms with van der Waals surface area (Å²) in [5.74, 6) is 0.811. The van der Waals surface area contributed by atoms with E-state index in [2.05, 4.69) is 18.7 Å². The zero-order valence-corrected chi connectivity index (χ0v) is 10.3. The van der Waals surface area contributed by atoms with E-state index in [1.807, 2.05) is 0 Å². The van der Waals surface area contributed by atoms with Crippen molar-refractivity contribution in [1.82, 2.24) is 4.90 Å². The molecule has 2 rings (SSSR count). The predicted octanol–water partition coefficient (Wildman–Crippen LogP) is 2.38. The van der Waals surface area contributed by atoms with Crippen molar-refractivity contribution in [2.24, 2.45) is 11.7 Å². The first-order valence-electron chi connectivity index (χ1n) is 6.70. The Morgan fingerprint density at radius 1 is 1.13 bits per heavy atom. The lowest BCUT2D eigenvalue weighted by atomic mass is 9.89. The van der Waals surface area contributed by atoms with Gasteiger partial charge in [-0.1, -0.05) is 20.3 Å². The van der Waals surface area contributed by atoms with Gasteiger partial charge in [-0.15, -0.1) is 0 Å². The molecule has 15 heavy (non-hydrogen) atoms. The largest absolute Gasteiger partial charge is 0.328 e. The third kappa shape index (κ3) is 2.54. The van der Waals surface area contributed by atoms with E-state index in [9.17, 15) is 0 Å². The molecular weight excluding hydrogens is 184 g/mol. The molecule has 2 aliphatic rings. The van der Waals surface area contributed by atoms with Gasteiger partial charge in [-0.3, -0.25) is 4.90 Å². The van der Waals surface area contributed by atoms with Crippen molar-refractivity contribution in [1.29, 1.82) is 0 Å². The molecule has 0 amide bonds. The zero-order valence-electron chi connectivity index (χ0n) is 10.3. The van der Waals surface area contributed by atoms with Crippen LogP contribution in [0.15, 0.2) is 0 Å². The molecule has 88 valence electrons. The van der Waals surface area contributed by atoms with Crippen LogP contribution >= 0.6 is 0 Å². The highest BCUT2D eigenvalue weighted by molar-refractivity contribution is 4.90. The van der Waals surface area contributed by atoms with Gasteiger partial charge in [0.15, 0.2) is 0 Å². The van der Waals surface area contributed by atoms with Crippen molar-refractivity contribution in [2.45, 2.75) is 70.5 Å². The minimum absolute atomic E-state index is 0.470. The van der Waals surface area contributed by atoms with E-state index < -0.39 is 0 Å². The summed E-state index contributed by atoms with van der Waals surface area (Å²) in [5.41, 5.74) is 6.09. The third-order valence-electron chi connectivity index (χ3n) is 4.27. The Bertz CT molecular complexity index is 203. The van der Waals surface area contributed by atoms with E-state index in [0.717, 1.165) is 18.0 Å². The average Bonchev–Trinajstić information content (AvgIpc) is 2.65. The fourth-order valence-electron chi connectivity index (χ4n) is 3.49. The van der Waals surface area contributed by atoms with Crippen molar-refractivity contribution >= 4 is 0 Å². The maximum Gasteiger partial charge on any atom is 0.0122 e. The van der Waals surface area contributed by atoms with E-state index in [4.69, 9.17) is 5.73 Å². The Labute approximate surface area is 94.2 Å². The van der Waals surface area contributed by atoms with Gasteiger partial charge in [-0.05, 0) is 44.6 Å². The number of rotatable bonds is 2. The van der Waals surface area contributed by atoms with Crippen LogP contribution in [0.25, 0.3) is 0 Å². The highest BCUT2D eigenvalue weighted by Crippen LogP contribution is 2.31. The first kappa shape index (κ1) is 11.4. The average molecular weight is 210 g/mol. The van der Waals surface area contributed by atoms with Crippen LogP contribution < -0.4 is 5.73 Å². The second-order valence-electron chi connectivity index (χ2n) is 5.77. The van der Waals surface area contributed by atoms with Gasteiger partial charge in [-0.2, -0.15) is 0 Å². The third-order valence-corrected chi connectivity index (χ3v) is 4.27. The van der Waals surface area contributed by atoms with Crippen LogP contribution in [0.5, 0.6) is 0 Å². The normalized spacial score (nSPS) is 38.8. The summed E-state index contributed by atoms with van der Waals surface area (Å²) in [6, 6.07) is 2.10. The molecule has 3 atom stereocenters. The fraction of sp³-hybridized carbons (Fsp3) is 1.00. The smallest absolute Gasteiger partial charge is 0.0122 e. The van der Waals surface area contributed by atoms with Crippen molar-refractivity contribution in [3.8, 4) is 0 Å². The Kier molecular flexibility index (Phi) is 3.68. The van der Waals surface area contributed by atoms with E-state index in [1.165, 1.54) is 45.1 Å². The van der Waals surface area contributed by atoms with Crippen molar-refractivity contribution in [3.05, 3.63) is 0 Å². The Balaban J connectivity index is 1.96. The lowest BCUT2D eigenvalue weighted by molar-refractivity contribution is 0.110. The van der Waals surface area contributed by atoms with Gasteiger partial charge < -0.3 is 5.73 Å². The van der Waals surface area contributed by atoms with Crippen LogP contribution in [-0.2, 0) is 0 Å². The van der Waals surface area contributed by atoms with Crippen LogP contribution in [0.1, 0.15) is 52.4 Å². The molecule has 3 unspecified atom stereocenters. The monoisotopic (exact) mass is 210 g/mol. The second kappa shape index (κ2) is 4.84. The van der Waals surface area contributed by atoms with E-state index in [-0.39, 0.29) is 0 Å². The van der Waals surface area contributed by atoms with Gasteiger partial charge in [0.25, 0.3) is 0 Å². The number of nitrogens with zero attached hydrogens (tertiary/aromatic N) is 1. The summed E-state index contributed by atoms with van der Waals surface area (Å²) in [6.07, 6.45) is 8.02. The summed E-state index contributed by atoms with van der Waals surface area (Å²) in [6.45, 7) is 6.05. The van der Waals surface area contributed by atoms with Gasteiger partial charge >= 0.3 is 0 Å². The molecule has 1 aliphatic carbocycles. The predicted molar refractivity (Wildman–Crippen MR) is 64.8 cm³/mol. The summed E-state index contributed by atoms with van der Waals surface area (Å²) in [4.78, 5) is 2.77. The number of hydrogen-bond donors (Lipinski definition) is 1. The summed E-state index contributed by atoms with van der Waals surface area (Å²) >= 11 is 0. The molecule has 2 N–H and O–H groups in total. The quantitative estimate of drug-likeness (QED) is 0.758. The molecule has 0 aromatic carbocycles. The van der Waals surface area contributed by atoms with Gasteiger partial charge in [0.05, 0.1) is 0 Å². The SMILES string of the molecule is CC(C)C1CCCN1C1CCCC(N)C1. The summed E-state index contributed by atoms with van der Waals surface area (Å²) < 4.78 is 0. The molecule has 2 fully saturated rings. The van der Waals surface area contributed by atoms with Crippen LogP contribution in [0.4, 0.5) is 0 Å². The molecular formula is C13H26N2. The molecule has 1 saturated carbocycles. The topological polar surface area (TPSA) is 29.3 Å². The molecule has 1 aliphatic heterocycles. The van der Waals surface area contributed by atoms with Crippen molar-refractivity contribution in [3.63, 3.8) is 0 Å². The first-order chi connectivity index (χ1) is 7.18. The molecule has 1 heterocycles. The minimum Gasteiger partial charge on any atom is -0.328 e. The summed E-state index contributed by atoms with van der Waals surface area (Å²) in [5, 5.41) is 0. The zero-order chi connectivity index (χ0) is 10.8.